The van der Waals surface area contributed by atoms with E-state index in [1.165, 1.54) is 10.9 Å². The number of hydrogen-bond donors (Lipinski definition) is 2. The van der Waals surface area contributed by atoms with E-state index in [2.05, 4.69) is 10.4 Å². The Morgan fingerprint density at radius 1 is 1.56 bits per heavy atom. The highest BCUT2D eigenvalue weighted by Gasteiger charge is 2.05. The van der Waals surface area contributed by atoms with E-state index in [-0.39, 0.29) is 12.5 Å². The minimum atomic E-state index is -0.128. The first-order valence-corrected chi connectivity index (χ1v) is 6.61. The molecule has 2 rings (SSSR count). The lowest BCUT2D eigenvalue weighted by Gasteiger charge is -2.06. The zero-order valence-electron chi connectivity index (χ0n) is 9.96. The second-order valence-corrected chi connectivity index (χ2v) is 4.63. The van der Waals surface area contributed by atoms with Crippen LogP contribution in [0.2, 0.25) is 0 Å². The van der Waals surface area contributed by atoms with Crippen molar-refractivity contribution in [1.82, 2.24) is 9.78 Å². The Kier molecular flexibility index (Phi) is 3.88. The van der Waals surface area contributed by atoms with Crippen molar-refractivity contribution in [1.29, 1.82) is 0 Å². The molecule has 0 fully saturated rings. The van der Waals surface area contributed by atoms with Gasteiger partial charge in [0.1, 0.15) is 6.54 Å². The number of rotatable bonds is 4. The molecule has 0 aliphatic heterocycles. The molecule has 6 heteroatoms. The zero-order chi connectivity index (χ0) is 13.0. The highest BCUT2D eigenvalue weighted by Crippen LogP contribution is 2.18. The molecule has 18 heavy (non-hydrogen) atoms. The van der Waals surface area contributed by atoms with Crippen molar-refractivity contribution in [2.45, 2.75) is 11.4 Å². The fourth-order valence-corrected chi connectivity index (χ4v) is 1.97. The molecular formula is C12H14N4OS. The van der Waals surface area contributed by atoms with Crippen molar-refractivity contribution in [3.05, 3.63) is 36.7 Å². The molecule has 0 spiro atoms. The van der Waals surface area contributed by atoms with Gasteiger partial charge in [-0.2, -0.15) is 5.10 Å². The van der Waals surface area contributed by atoms with Crippen LogP contribution in [0, 0.1) is 0 Å². The van der Waals surface area contributed by atoms with Gasteiger partial charge in [0.2, 0.25) is 5.91 Å². The van der Waals surface area contributed by atoms with Crippen LogP contribution in [0.3, 0.4) is 0 Å². The third-order valence-corrected chi connectivity index (χ3v) is 3.04. The average molecular weight is 262 g/mol. The minimum Gasteiger partial charge on any atom is -0.396 e. The van der Waals surface area contributed by atoms with Crippen molar-refractivity contribution in [2.24, 2.45) is 0 Å². The first-order valence-electron chi connectivity index (χ1n) is 5.39. The summed E-state index contributed by atoms with van der Waals surface area (Å²) in [4.78, 5) is 12.9. The van der Waals surface area contributed by atoms with Gasteiger partial charge in [-0.3, -0.25) is 9.48 Å². The Hall–Kier alpha value is -1.95. The van der Waals surface area contributed by atoms with E-state index in [1.807, 2.05) is 30.5 Å². The number of amides is 1. The number of aromatic nitrogens is 2. The quantitative estimate of drug-likeness (QED) is 0.824. The number of nitrogens with one attached hydrogen (secondary N) is 1. The van der Waals surface area contributed by atoms with Gasteiger partial charge in [-0.15, -0.1) is 11.8 Å². The summed E-state index contributed by atoms with van der Waals surface area (Å²) in [5.41, 5.74) is 6.86. The lowest BCUT2D eigenvalue weighted by Crippen LogP contribution is -2.18. The fraction of sp³-hybridized carbons (Fsp3) is 0.167. The Bertz CT molecular complexity index is 553. The topological polar surface area (TPSA) is 72.9 Å². The fourth-order valence-electron chi connectivity index (χ4n) is 1.51. The second kappa shape index (κ2) is 5.59. The summed E-state index contributed by atoms with van der Waals surface area (Å²) in [5.74, 6) is -0.128. The molecule has 1 heterocycles. The molecule has 1 aromatic carbocycles. The third-order valence-electron chi connectivity index (χ3n) is 2.31. The number of nitrogen functional groups attached to an aromatic ring is 1. The molecule has 1 aromatic heterocycles. The summed E-state index contributed by atoms with van der Waals surface area (Å²) in [5, 5.41) is 6.78. The maximum Gasteiger partial charge on any atom is 0.246 e. The number of anilines is 2. The molecule has 94 valence electrons. The standard InChI is InChI=1S/C12H14N4OS/c1-18-11-4-2-3-10(5-11)15-12(17)8-16-7-9(13)6-14-16/h2-7H,8,13H2,1H3,(H,15,17). The molecule has 3 N–H and O–H groups in total. The lowest BCUT2D eigenvalue weighted by atomic mass is 10.3. The molecule has 0 aliphatic rings. The van der Waals surface area contributed by atoms with Gasteiger partial charge in [-0.05, 0) is 24.5 Å². The molecule has 5 nitrogen and oxygen atoms in total. The first kappa shape index (κ1) is 12.5. The van der Waals surface area contributed by atoms with E-state index >= 15 is 0 Å². The highest BCUT2D eigenvalue weighted by molar-refractivity contribution is 7.98. The molecule has 1 amide bonds. The van der Waals surface area contributed by atoms with Crippen LogP contribution >= 0.6 is 11.8 Å². The number of thioether (sulfide) groups is 1. The van der Waals surface area contributed by atoms with Gasteiger partial charge in [0.25, 0.3) is 0 Å². The molecule has 0 saturated carbocycles. The number of benzene rings is 1. The van der Waals surface area contributed by atoms with E-state index in [0.29, 0.717) is 5.69 Å². The highest BCUT2D eigenvalue weighted by atomic mass is 32.2. The van der Waals surface area contributed by atoms with Crippen molar-refractivity contribution in [3.63, 3.8) is 0 Å². The van der Waals surface area contributed by atoms with Crippen molar-refractivity contribution >= 4 is 29.0 Å². The molecule has 0 atom stereocenters. The van der Waals surface area contributed by atoms with Gasteiger partial charge in [0, 0.05) is 16.8 Å². The van der Waals surface area contributed by atoms with Crippen molar-refractivity contribution in [2.75, 3.05) is 17.3 Å². The largest absolute Gasteiger partial charge is 0.396 e. The van der Waals surface area contributed by atoms with Gasteiger partial charge < -0.3 is 11.1 Å². The summed E-state index contributed by atoms with van der Waals surface area (Å²) >= 11 is 1.63. The Morgan fingerprint density at radius 2 is 2.39 bits per heavy atom. The van der Waals surface area contributed by atoms with E-state index < -0.39 is 0 Å². The summed E-state index contributed by atoms with van der Waals surface area (Å²) < 4.78 is 1.50. The predicted molar refractivity (Wildman–Crippen MR) is 73.5 cm³/mol. The van der Waals surface area contributed by atoms with E-state index in [4.69, 9.17) is 5.73 Å². The molecule has 0 aliphatic carbocycles. The average Bonchev–Trinajstić information content (AvgIpc) is 2.74. The molecular weight excluding hydrogens is 248 g/mol. The summed E-state index contributed by atoms with van der Waals surface area (Å²) in [6.45, 7) is 0.153. The Balaban J connectivity index is 1.98. The number of nitrogens with zero attached hydrogens (tertiary/aromatic N) is 2. The number of nitrogens with two attached hydrogens (primary N) is 1. The zero-order valence-corrected chi connectivity index (χ0v) is 10.8. The number of carbonyl (C=O) groups is 1. The van der Waals surface area contributed by atoms with E-state index in [0.717, 1.165) is 10.6 Å². The maximum atomic E-state index is 11.8. The summed E-state index contributed by atoms with van der Waals surface area (Å²) in [6.07, 6.45) is 5.13. The van der Waals surface area contributed by atoms with E-state index in [9.17, 15) is 4.79 Å². The third kappa shape index (κ3) is 3.27. The smallest absolute Gasteiger partial charge is 0.246 e. The minimum absolute atomic E-state index is 0.128. The monoisotopic (exact) mass is 262 g/mol. The summed E-state index contributed by atoms with van der Waals surface area (Å²) in [6, 6.07) is 7.69. The van der Waals surface area contributed by atoms with Crippen LogP contribution < -0.4 is 11.1 Å². The first-order chi connectivity index (χ1) is 8.67. The van der Waals surface area contributed by atoms with Crippen LogP contribution in [0.4, 0.5) is 11.4 Å². The van der Waals surface area contributed by atoms with Crippen LogP contribution in [-0.2, 0) is 11.3 Å². The second-order valence-electron chi connectivity index (χ2n) is 3.75. The van der Waals surface area contributed by atoms with E-state index in [1.54, 1.807) is 18.0 Å². The van der Waals surface area contributed by atoms with Crippen LogP contribution in [0.25, 0.3) is 0 Å². The molecule has 0 radical (unpaired) electrons. The van der Waals surface area contributed by atoms with Gasteiger partial charge >= 0.3 is 0 Å². The van der Waals surface area contributed by atoms with Gasteiger partial charge in [0.15, 0.2) is 0 Å². The van der Waals surface area contributed by atoms with Crippen LogP contribution in [-0.4, -0.2) is 21.9 Å². The van der Waals surface area contributed by atoms with Gasteiger partial charge in [0.05, 0.1) is 11.9 Å². The molecule has 0 saturated heterocycles. The normalized spacial score (nSPS) is 10.3. The number of carbonyl (C=O) groups excluding carboxylic acids is 1. The summed E-state index contributed by atoms with van der Waals surface area (Å²) in [7, 11) is 0. The molecule has 0 bridgehead atoms. The van der Waals surface area contributed by atoms with Gasteiger partial charge in [-0.25, -0.2) is 0 Å². The van der Waals surface area contributed by atoms with Crippen molar-refractivity contribution < 1.29 is 4.79 Å². The lowest BCUT2D eigenvalue weighted by molar-refractivity contribution is -0.116. The van der Waals surface area contributed by atoms with Crippen LogP contribution in [0.5, 0.6) is 0 Å². The van der Waals surface area contributed by atoms with Crippen molar-refractivity contribution in [3.8, 4) is 0 Å². The molecule has 2 aromatic rings. The maximum absolute atomic E-state index is 11.8. The SMILES string of the molecule is CSc1cccc(NC(=O)Cn2cc(N)cn2)c1. The number of hydrogen-bond acceptors (Lipinski definition) is 4. The predicted octanol–water partition coefficient (Wildman–Crippen LogP) is 1.83. The molecule has 0 unspecified atom stereocenters. The Labute approximate surface area is 109 Å². The van der Waals surface area contributed by atoms with Crippen LogP contribution in [0.1, 0.15) is 0 Å². The Morgan fingerprint density at radius 3 is 3.06 bits per heavy atom. The van der Waals surface area contributed by atoms with Crippen LogP contribution in [0.15, 0.2) is 41.6 Å². The van der Waals surface area contributed by atoms with Gasteiger partial charge in [-0.1, -0.05) is 6.07 Å².